The number of benzene rings is 2. The third kappa shape index (κ3) is 4.18. The summed E-state index contributed by atoms with van der Waals surface area (Å²) in [5.74, 6) is 2.69. The van der Waals surface area contributed by atoms with Crippen molar-refractivity contribution in [1.29, 1.82) is 0 Å². The Balaban J connectivity index is 1.95. The molecule has 3 rings (SSSR count). The average Bonchev–Trinajstić information content (AvgIpc) is 2.98. The molecule has 0 saturated heterocycles. The minimum absolute atomic E-state index is 0.00951. The van der Waals surface area contributed by atoms with Crippen molar-refractivity contribution in [2.45, 2.75) is 32.7 Å². The molecular weight excluding hydrogens is 374 g/mol. The summed E-state index contributed by atoms with van der Waals surface area (Å²) in [6, 6.07) is 12.4. The Morgan fingerprint density at radius 2 is 2.00 bits per heavy atom. The molecule has 1 aromatic heterocycles. The summed E-state index contributed by atoms with van der Waals surface area (Å²) >= 11 is 1.22. The van der Waals surface area contributed by atoms with Crippen LogP contribution in [0, 0.1) is 22.5 Å². The minimum atomic E-state index is -0.451. The second-order valence-electron chi connectivity index (χ2n) is 6.66. The van der Waals surface area contributed by atoms with Gasteiger partial charge in [-0.1, -0.05) is 55.4 Å². The van der Waals surface area contributed by atoms with Gasteiger partial charge in [-0.3, -0.25) is 14.9 Å². The number of rotatable bonds is 5. The van der Waals surface area contributed by atoms with Crippen LogP contribution in [0.4, 0.5) is 5.69 Å². The molecule has 0 atom stereocenters. The molecule has 0 aliphatic carbocycles. The van der Waals surface area contributed by atoms with Crippen molar-refractivity contribution in [3.8, 4) is 12.3 Å². The lowest BCUT2D eigenvalue weighted by Gasteiger charge is -2.05. The van der Waals surface area contributed by atoms with Gasteiger partial charge in [0.1, 0.15) is 0 Å². The first-order valence-corrected chi connectivity index (χ1v) is 9.58. The van der Waals surface area contributed by atoms with Crippen molar-refractivity contribution in [3.63, 3.8) is 0 Å². The first kappa shape index (κ1) is 19.5. The van der Waals surface area contributed by atoms with Crippen LogP contribution in [-0.2, 0) is 17.8 Å². The van der Waals surface area contributed by atoms with Crippen molar-refractivity contribution in [2.75, 3.05) is 0 Å². The van der Waals surface area contributed by atoms with Crippen LogP contribution in [0.3, 0.4) is 0 Å². The molecule has 0 aliphatic heterocycles. The monoisotopic (exact) mass is 393 g/mol. The molecule has 0 saturated carbocycles. The fraction of sp³-hybridized carbons (Fsp3) is 0.238. The molecule has 1 heterocycles. The Kier molecular flexibility index (Phi) is 5.71. The average molecular weight is 393 g/mol. The van der Waals surface area contributed by atoms with Gasteiger partial charge in [0.25, 0.3) is 11.6 Å². The number of nitro benzene ring substituents is 1. The summed E-state index contributed by atoms with van der Waals surface area (Å²) in [6.45, 7) is 4.46. The van der Waals surface area contributed by atoms with Crippen LogP contribution < -0.4 is 4.80 Å². The van der Waals surface area contributed by atoms with Gasteiger partial charge in [-0.15, -0.1) is 6.42 Å². The smallest absolute Gasteiger partial charge is 0.270 e. The fourth-order valence-electron chi connectivity index (χ4n) is 2.85. The number of aromatic nitrogens is 1. The van der Waals surface area contributed by atoms with Gasteiger partial charge in [-0.2, -0.15) is 4.99 Å². The van der Waals surface area contributed by atoms with E-state index in [1.165, 1.54) is 29.0 Å². The first-order chi connectivity index (χ1) is 13.4. The quantitative estimate of drug-likeness (QED) is 0.373. The lowest BCUT2D eigenvalue weighted by Crippen LogP contribution is -2.17. The molecule has 3 aromatic rings. The third-order valence-corrected chi connectivity index (χ3v) is 5.39. The number of hydrogen-bond donors (Lipinski definition) is 0. The number of amides is 1. The molecule has 0 radical (unpaired) electrons. The Hall–Kier alpha value is -3.24. The van der Waals surface area contributed by atoms with Crippen LogP contribution in [0.15, 0.2) is 47.5 Å². The molecule has 142 valence electrons. The molecular formula is C21H19N3O3S. The molecule has 0 fully saturated rings. The van der Waals surface area contributed by atoms with Gasteiger partial charge < -0.3 is 4.57 Å². The molecule has 0 N–H and O–H groups in total. The Morgan fingerprint density at radius 3 is 2.61 bits per heavy atom. The second-order valence-corrected chi connectivity index (χ2v) is 7.67. The van der Waals surface area contributed by atoms with E-state index in [9.17, 15) is 14.9 Å². The van der Waals surface area contributed by atoms with E-state index in [2.05, 4.69) is 24.8 Å². The van der Waals surface area contributed by atoms with Crippen LogP contribution in [-0.4, -0.2) is 15.4 Å². The lowest BCUT2D eigenvalue weighted by molar-refractivity contribution is -0.384. The lowest BCUT2D eigenvalue weighted by atomic mass is 10.0. The molecule has 0 aliphatic rings. The highest BCUT2D eigenvalue weighted by molar-refractivity contribution is 7.16. The van der Waals surface area contributed by atoms with Crippen molar-refractivity contribution >= 4 is 33.1 Å². The first-order valence-electron chi connectivity index (χ1n) is 8.76. The zero-order valence-corrected chi connectivity index (χ0v) is 16.4. The summed E-state index contributed by atoms with van der Waals surface area (Å²) in [6.07, 6.45) is 5.63. The highest BCUT2D eigenvalue weighted by atomic mass is 32.1. The Morgan fingerprint density at radius 1 is 1.29 bits per heavy atom. The van der Waals surface area contributed by atoms with Gasteiger partial charge in [0.05, 0.1) is 28.1 Å². The predicted molar refractivity (Wildman–Crippen MR) is 110 cm³/mol. The van der Waals surface area contributed by atoms with Gasteiger partial charge in [0.15, 0.2) is 4.80 Å². The van der Waals surface area contributed by atoms with Gasteiger partial charge in [-0.25, -0.2) is 0 Å². The zero-order valence-electron chi connectivity index (χ0n) is 15.6. The highest BCUT2D eigenvalue weighted by Crippen LogP contribution is 2.23. The third-order valence-electron chi connectivity index (χ3n) is 4.35. The van der Waals surface area contributed by atoms with Crippen molar-refractivity contribution in [2.24, 2.45) is 4.99 Å². The van der Waals surface area contributed by atoms with Gasteiger partial charge in [0.2, 0.25) is 0 Å². The number of fused-ring (bicyclic) bond motifs is 1. The molecule has 7 heteroatoms. The molecule has 28 heavy (non-hydrogen) atoms. The maximum atomic E-state index is 12.5. The van der Waals surface area contributed by atoms with Crippen LogP contribution in [0.1, 0.15) is 30.9 Å². The van der Waals surface area contributed by atoms with E-state index in [1.54, 1.807) is 10.6 Å². The maximum Gasteiger partial charge on any atom is 0.270 e. The SMILES string of the molecule is C#CCn1c(=NC(=O)Cc2ccc(C(C)C)cc2)sc2cc([N+](=O)[O-])ccc21. The number of terminal acetylenes is 1. The van der Waals surface area contributed by atoms with E-state index in [0.717, 1.165) is 11.1 Å². The second kappa shape index (κ2) is 8.19. The molecule has 1 amide bonds. The van der Waals surface area contributed by atoms with E-state index in [-0.39, 0.29) is 24.6 Å². The normalized spacial score (nSPS) is 11.7. The standard InChI is InChI=1S/C21H19N3O3S/c1-4-11-23-18-10-9-17(24(26)27)13-19(18)28-21(23)22-20(25)12-15-5-7-16(8-6-15)14(2)3/h1,5-10,13-14H,11-12H2,2-3H3. The fourth-order valence-corrected chi connectivity index (χ4v) is 3.93. The summed E-state index contributed by atoms with van der Waals surface area (Å²) in [4.78, 5) is 27.7. The highest BCUT2D eigenvalue weighted by Gasteiger charge is 2.12. The number of carbonyl (C=O) groups excluding carboxylic acids is 1. The summed E-state index contributed by atoms with van der Waals surface area (Å²) in [5, 5.41) is 11.0. The Bertz CT molecular complexity index is 1150. The zero-order chi connectivity index (χ0) is 20.3. The van der Waals surface area contributed by atoms with E-state index in [4.69, 9.17) is 6.42 Å². The number of nitro groups is 1. The van der Waals surface area contributed by atoms with Gasteiger partial charge in [-0.05, 0) is 23.1 Å². The van der Waals surface area contributed by atoms with E-state index < -0.39 is 4.92 Å². The molecule has 6 nitrogen and oxygen atoms in total. The van der Waals surface area contributed by atoms with Gasteiger partial charge in [0, 0.05) is 12.1 Å². The predicted octanol–water partition coefficient (Wildman–Crippen LogP) is 4.04. The summed E-state index contributed by atoms with van der Waals surface area (Å²) in [5.41, 5.74) is 2.82. The van der Waals surface area contributed by atoms with Gasteiger partial charge >= 0.3 is 0 Å². The molecule has 0 bridgehead atoms. The largest absolute Gasteiger partial charge is 0.305 e. The molecule has 0 spiro atoms. The maximum absolute atomic E-state index is 12.5. The molecule has 0 unspecified atom stereocenters. The number of nitrogens with zero attached hydrogens (tertiary/aromatic N) is 3. The van der Waals surface area contributed by atoms with Crippen molar-refractivity contribution in [3.05, 3.63) is 68.5 Å². The number of hydrogen-bond acceptors (Lipinski definition) is 4. The number of carbonyl (C=O) groups is 1. The summed E-state index contributed by atoms with van der Waals surface area (Å²) in [7, 11) is 0. The van der Waals surface area contributed by atoms with E-state index >= 15 is 0 Å². The van der Waals surface area contributed by atoms with Crippen molar-refractivity contribution < 1.29 is 9.72 Å². The summed E-state index contributed by atoms with van der Waals surface area (Å²) < 4.78 is 2.39. The number of thiazole rings is 1. The van der Waals surface area contributed by atoms with Crippen molar-refractivity contribution in [1.82, 2.24) is 4.57 Å². The van der Waals surface area contributed by atoms with Crippen LogP contribution in [0.5, 0.6) is 0 Å². The molecule has 2 aromatic carbocycles. The topological polar surface area (TPSA) is 77.5 Å². The van der Waals surface area contributed by atoms with Crippen LogP contribution in [0.25, 0.3) is 10.2 Å². The van der Waals surface area contributed by atoms with E-state index in [1.807, 2.05) is 24.3 Å². The number of non-ortho nitro benzene ring substituents is 1. The Labute approximate surface area is 166 Å². The van der Waals surface area contributed by atoms with Crippen LogP contribution >= 0.6 is 11.3 Å². The minimum Gasteiger partial charge on any atom is -0.305 e. The van der Waals surface area contributed by atoms with E-state index in [0.29, 0.717) is 15.4 Å². The van der Waals surface area contributed by atoms with Crippen LogP contribution in [0.2, 0.25) is 0 Å².